The molecule has 2 rings (SSSR count). The highest BCUT2D eigenvalue weighted by molar-refractivity contribution is 9.09. The first-order chi connectivity index (χ1) is 7.83. The quantitative estimate of drug-likeness (QED) is 0.795. The minimum atomic E-state index is 0.585. The fraction of sp³-hybridized carbons (Fsp3) is 0.417. The third kappa shape index (κ3) is 2.80. The Kier molecular flexibility index (Phi) is 4.29. The predicted octanol–water partition coefficient (Wildman–Crippen LogP) is 3.34. The second-order valence-electron chi connectivity index (χ2n) is 3.50. The lowest BCUT2D eigenvalue weighted by atomic mass is 10.2. The van der Waals surface area contributed by atoms with Gasteiger partial charge in [0, 0.05) is 16.1 Å². The van der Waals surface area contributed by atoms with Crippen molar-refractivity contribution >= 4 is 32.7 Å². The van der Waals surface area contributed by atoms with Crippen LogP contribution in [0.25, 0.3) is 0 Å². The summed E-state index contributed by atoms with van der Waals surface area (Å²) < 4.78 is 5.41. The molecule has 86 valence electrons. The number of hydrogen-bond donors (Lipinski definition) is 0. The van der Waals surface area contributed by atoms with Crippen LogP contribution in [0.5, 0.6) is 5.75 Å². The Balaban J connectivity index is 2.05. The first-order valence-electron chi connectivity index (χ1n) is 5.33. The van der Waals surface area contributed by atoms with Crippen molar-refractivity contribution in [3.8, 4) is 5.75 Å². The van der Waals surface area contributed by atoms with Gasteiger partial charge in [0.2, 0.25) is 0 Å². The predicted molar refractivity (Wildman–Crippen MR) is 74.2 cm³/mol. The molecule has 0 aromatic heterocycles. The summed E-state index contributed by atoms with van der Waals surface area (Å²) in [5, 5.41) is 2.73. The molecule has 0 saturated carbocycles. The Labute approximate surface area is 109 Å². The van der Waals surface area contributed by atoms with Crippen LogP contribution in [0.4, 0.5) is 0 Å². The lowest BCUT2D eigenvalue weighted by Crippen LogP contribution is -2.03. The van der Waals surface area contributed by atoms with Gasteiger partial charge in [0.05, 0.1) is 18.2 Å². The zero-order chi connectivity index (χ0) is 11.4. The van der Waals surface area contributed by atoms with E-state index in [0.717, 1.165) is 22.7 Å². The molecule has 0 saturated heterocycles. The zero-order valence-corrected chi connectivity index (χ0v) is 11.6. The van der Waals surface area contributed by atoms with E-state index in [1.54, 1.807) is 0 Å². The number of aliphatic imine (C=N–C) groups is 1. The van der Waals surface area contributed by atoms with Gasteiger partial charge in [0.25, 0.3) is 0 Å². The summed E-state index contributed by atoms with van der Waals surface area (Å²) in [6.07, 6.45) is 0. The van der Waals surface area contributed by atoms with Crippen LogP contribution in [0.15, 0.2) is 29.3 Å². The average molecular weight is 300 g/mol. The van der Waals surface area contributed by atoms with E-state index >= 15 is 0 Å². The summed E-state index contributed by atoms with van der Waals surface area (Å²) >= 11 is 5.34. The SMILES string of the molecule is CCOc1ccc(C2=NC[C@H](CBr)S2)cc1. The van der Waals surface area contributed by atoms with E-state index in [2.05, 4.69) is 33.1 Å². The van der Waals surface area contributed by atoms with E-state index in [4.69, 9.17) is 4.74 Å². The molecule has 0 N–H and O–H groups in total. The zero-order valence-electron chi connectivity index (χ0n) is 9.15. The second-order valence-corrected chi connectivity index (χ2v) is 5.43. The standard InChI is InChI=1S/C12H14BrNOS/c1-2-15-10-5-3-9(4-6-10)12-14-8-11(7-13)16-12/h3-6,11H,2,7-8H2,1H3/t11-/m0/s1. The molecule has 0 fully saturated rings. The lowest BCUT2D eigenvalue weighted by Gasteiger charge is -2.05. The van der Waals surface area contributed by atoms with E-state index in [9.17, 15) is 0 Å². The largest absolute Gasteiger partial charge is 0.494 e. The van der Waals surface area contributed by atoms with Crippen molar-refractivity contribution in [3.63, 3.8) is 0 Å². The summed E-state index contributed by atoms with van der Waals surface area (Å²) in [7, 11) is 0. The molecule has 2 nitrogen and oxygen atoms in total. The van der Waals surface area contributed by atoms with Gasteiger partial charge in [-0.15, -0.1) is 11.8 Å². The van der Waals surface area contributed by atoms with Crippen LogP contribution < -0.4 is 4.74 Å². The van der Waals surface area contributed by atoms with Gasteiger partial charge in [0.1, 0.15) is 5.75 Å². The number of nitrogens with zero attached hydrogens (tertiary/aromatic N) is 1. The number of hydrogen-bond acceptors (Lipinski definition) is 3. The number of thioether (sulfide) groups is 1. The van der Waals surface area contributed by atoms with E-state index in [-0.39, 0.29) is 0 Å². The number of ether oxygens (including phenoxy) is 1. The summed E-state index contributed by atoms with van der Waals surface area (Å²) in [5.74, 6) is 0.923. The second kappa shape index (κ2) is 5.73. The summed E-state index contributed by atoms with van der Waals surface area (Å²) in [5.41, 5.74) is 1.19. The molecule has 0 bridgehead atoms. The van der Waals surface area contributed by atoms with Crippen molar-refractivity contribution in [1.82, 2.24) is 0 Å². The smallest absolute Gasteiger partial charge is 0.119 e. The molecule has 0 spiro atoms. The third-order valence-corrected chi connectivity index (χ3v) is 4.75. The van der Waals surface area contributed by atoms with Crippen molar-refractivity contribution in [2.75, 3.05) is 18.5 Å². The van der Waals surface area contributed by atoms with Crippen LogP contribution >= 0.6 is 27.7 Å². The van der Waals surface area contributed by atoms with E-state index in [0.29, 0.717) is 11.9 Å². The fourth-order valence-corrected chi connectivity index (χ4v) is 3.07. The number of rotatable bonds is 4. The Morgan fingerprint density at radius 3 is 2.75 bits per heavy atom. The maximum Gasteiger partial charge on any atom is 0.119 e. The van der Waals surface area contributed by atoms with Gasteiger partial charge in [-0.05, 0) is 31.2 Å². The molecule has 16 heavy (non-hydrogen) atoms. The van der Waals surface area contributed by atoms with Crippen LogP contribution in [0, 0.1) is 0 Å². The molecule has 0 unspecified atom stereocenters. The Morgan fingerprint density at radius 2 is 2.19 bits per heavy atom. The highest BCUT2D eigenvalue weighted by Gasteiger charge is 2.19. The monoisotopic (exact) mass is 299 g/mol. The maximum atomic E-state index is 5.41. The van der Waals surface area contributed by atoms with Crippen molar-refractivity contribution < 1.29 is 4.74 Å². The molecule has 0 radical (unpaired) electrons. The molecular formula is C12H14BrNOS. The molecule has 0 aliphatic carbocycles. The van der Waals surface area contributed by atoms with Gasteiger partial charge >= 0.3 is 0 Å². The average Bonchev–Trinajstić information content (AvgIpc) is 2.79. The molecule has 1 atom stereocenters. The summed E-state index contributed by atoms with van der Waals surface area (Å²) in [4.78, 5) is 4.54. The molecule has 1 aromatic carbocycles. The topological polar surface area (TPSA) is 21.6 Å². The number of halogens is 1. The lowest BCUT2D eigenvalue weighted by molar-refractivity contribution is 0.340. The van der Waals surface area contributed by atoms with Gasteiger partial charge < -0.3 is 4.74 Å². The highest BCUT2D eigenvalue weighted by atomic mass is 79.9. The van der Waals surface area contributed by atoms with Gasteiger partial charge in [-0.25, -0.2) is 0 Å². The van der Waals surface area contributed by atoms with Crippen molar-refractivity contribution in [2.45, 2.75) is 12.2 Å². The summed E-state index contributed by atoms with van der Waals surface area (Å²) in [6, 6.07) is 8.16. The molecule has 1 heterocycles. The molecular weight excluding hydrogens is 286 g/mol. The molecule has 1 aliphatic heterocycles. The van der Waals surface area contributed by atoms with Crippen molar-refractivity contribution in [1.29, 1.82) is 0 Å². The van der Waals surface area contributed by atoms with Crippen molar-refractivity contribution in [3.05, 3.63) is 29.8 Å². The molecule has 1 aliphatic rings. The first kappa shape index (κ1) is 12.0. The third-order valence-electron chi connectivity index (χ3n) is 2.30. The van der Waals surface area contributed by atoms with Gasteiger partial charge in [0.15, 0.2) is 0 Å². The Bertz CT molecular complexity index is 377. The first-order valence-corrected chi connectivity index (χ1v) is 7.34. The normalized spacial score (nSPS) is 19.6. The maximum absolute atomic E-state index is 5.41. The van der Waals surface area contributed by atoms with E-state index < -0.39 is 0 Å². The number of benzene rings is 1. The highest BCUT2D eigenvalue weighted by Crippen LogP contribution is 2.27. The Hall–Kier alpha value is -0.480. The van der Waals surface area contributed by atoms with E-state index in [1.165, 1.54) is 5.56 Å². The molecule has 0 amide bonds. The summed E-state index contributed by atoms with van der Waals surface area (Å²) in [6.45, 7) is 3.62. The minimum Gasteiger partial charge on any atom is -0.494 e. The minimum absolute atomic E-state index is 0.585. The fourth-order valence-electron chi connectivity index (χ4n) is 1.52. The molecule has 1 aromatic rings. The van der Waals surface area contributed by atoms with Crippen LogP contribution in [-0.4, -0.2) is 28.8 Å². The van der Waals surface area contributed by atoms with Gasteiger partial charge in [-0.2, -0.15) is 0 Å². The molecule has 4 heteroatoms. The van der Waals surface area contributed by atoms with Gasteiger partial charge in [-0.3, -0.25) is 4.99 Å². The number of alkyl halides is 1. The van der Waals surface area contributed by atoms with Gasteiger partial charge in [-0.1, -0.05) is 15.9 Å². The van der Waals surface area contributed by atoms with Crippen LogP contribution in [0.3, 0.4) is 0 Å². The Morgan fingerprint density at radius 1 is 1.44 bits per heavy atom. The van der Waals surface area contributed by atoms with E-state index in [1.807, 2.05) is 30.8 Å². The van der Waals surface area contributed by atoms with Crippen LogP contribution in [0.1, 0.15) is 12.5 Å². The van der Waals surface area contributed by atoms with Crippen LogP contribution in [-0.2, 0) is 0 Å². The van der Waals surface area contributed by atoms with Crippen LogP contribution in [0.2, 0.25) is 0 Å². The van der Waals surface area contributed by atoms with Crippen molar-refractivity contribution in [2.24, 2.45) is 4.99 Å².